The van der Waals surface area contributed by atoms with Crippen LogP contribution in [-0.2, 0) is 4.79 Å². The van der Waals surface area contributed by atoms with Gasteiger partial charge in [0.1, 0.15) is 0 Å². The first kappa shape index (κ1) is 17.6. The molecule has 136 valence electrons. The number of carbonyl (C=O) groups is 1. The van der Waals surface area contributed by atoms with Crippen molar-refractivity contribution in [2.45, 2.75) is 70.8 Å². The van der Waals surface area contributed by atoms with Gasteiger partial charge < -0.3 is 15.5 Å². The van der Waals surface area contributed by atoms with Crippen molar-refractivity contribution in [2.24, 2.45) is 16.8 Å². The van der Waals surface area contributed by atoms with E-state index in [9.17, 15) is 4.79 Å². The molecular formula is C19H34N4O. The Kier molecular flexibility index (Phi) is 6.38. The molecule has 1 amide bonds. The van der Waals surface area contributed by atoms with Gasteiger partial charge in [0, 0.05) is 38.1 Å². The van der Waals surface area contributed by atoms with Crippen molar-refractivity contribution in [3.8, 4) is 0 Å². The molecule has 5 heteroatoms. The van der Waals surface area contributed by atoms with Crippen LogP contribution in [0.15, 0.2) is 4.99 Å². The van der Waals surface area contributed by atoms with Crippen LogP contribution < -0.4 is 10.6 Å². The first-order chi connectivity index (χ1) is 11.8. The molecule has 2 aliphatic carbocycles. The molecule has 0 aromatic heterocycles. The third-order valence-corrected chi connectivity index (χ3v) is 5.64. The van der Waals surface area contributed by atoms with Crippen LogP contribution in [-0.4, -0.2) is 49.0 Å². The third kappa shape index (κ3) is 5.12. The summed E-state index contributed by atoms with van der Waals surface area (Å²) in [7, 11) is 0. The smallest absolute Gasteiger partial charge is 0.225 e. The number of nitrogens with one attached hydrogen (secondary N) is 2. The average Bonchev–Trinajstić information content (AvgIpc) is 3.31. The Morgan fingerprint density at radius 3 is 2.62 bits per heavy atom. The molecule has 1 atom stereocenters. The summed E-state index contributed by atoms with van der Waals surface area (Å²) < 4.78 is 0. The highest BCUT2D eigenvalue weighted by Gasteiger charge is 2.31. The topological polar surface area (TPSA) is 56.7 Å². The fourth-order valence-corrected chi connectivity index (χ4v) is 3.96. The molecule has 0 bridgehead atoms. The van der Waals surface area contributed by atoms with E-state index >= 15 is 0 Å². The Bertz CT molecular complexity index is 441. The highest BCUT2D eigenvalue weighted by Crippen LogP contribution is 2.32. The van der Waals surface area contributed by atoms with E-state index in [-0.39, 0.29) is 5.92 Å². The van der Waals surface area contributed by atoms with Gasteiger partial charge in [-0.05, 0) is 38.5 Å². The summed E-state index contributed by atoms with van der Waals surface area (Å²) in [6, 6.07) is 0.344. The molecule has 0 spiro atoms. The zero-order valence-electron chi connectivity index (χ0n) is 15.2. The van der Waals surface area contributed by atoms with E-state index in [1.54, 1.807) is 0 Å². The summed E-state index contributed by atoms with van der Waals surface area (Å²) in [6.07, 6.45) is 11.0. The lowest BCUT2D eigenvalue weighted by Gasteiger charge is -2.26. The highest BCUT2D eigenvalue weighted by atomic mass is 16.2. The van der Waals surface area contributed by atoms with Gasteiger partial charge in [0.05, 0.1) is 0 Å². The zero-order chi connectivity index (χ0) is 16.8. The van der Waals surface area contributed by atoms with Crippen molar-refractivity contribution in [2.75, 3.05) is 26.2 Å². The Morgan fingerprint density at radius 2 is 1.92 bits per heavy atom. The molecule has 1 saturated heterocycles. The first-order valence-corrected chi connectivity index (χ1v) is 10.1. The van der Waals surface area contributed by atoms with Gasteiger partial charge in [0.15, 0.2) is 5.96 Å². The van der Waals surface area contributed by atoms with Gasteiger partial charge in [-0.15, -0.1) is 0 Å². The van der Waals surface area contributed by atoms with Crippen LogP contribution in [0.5, 0.6) is 0 Å². The summed E-state index contributed by atoms with van der Waals surface area (Å²) in [5.74, 6) is 2.54. The summed E-state index contributed by atoms with van der Waals surface area (Å²) in [4.78, 5) is 19.5. The molecule has 1 unspecified atom stereocenters. The molecule has 24 heavy (non-hydrogen) atoms. The largest absolute Gasteiger partial charge is 0.357 e. The maximum atomic E-state index is 12.7. The Labute approximate surface area is 146 Å². The van der Waals surface area contributed by atoms with Crippen molar-refractivity contribution >= 4 is 11.9 Å². The summed E-state index contributed by atoms with van der Waals surface area (Å²) >= 11 is 0. The zero-order valence-corrected chi connectivity index (χ0v) is 15.2. The van der Waals surface area contributed by atoms with Gasteiger partial charge in [-0.2, -0.15) is 0 Å². The fraction of sp³-hybridized carbons (Fsp3) is 0.895. The fourth-order valence-electron chi connectivity index (χ4n) is 3.96. The Morgan fingerprint density at radius 1 is 1.12 bits per heavy atom. The normalized spacial score (nSPS) is 25.8. The van der Waals surface area contributed by atoms with Crippen LogP contribution in [0.2, 0.25) is 0 Å². The molecule has 1 heterocycles. The SMILES string of the molecule is CCNC(=NCCC1CC1)NC1CCN(C(=O)C2CCCCC2)C1. The standard InChI is InChI=1S/C19H34N4O/c1-2-20-19(21-12-10-15-8-9-15)22-17-11-13-23(14-17)18(24)16-6-4-3-5-7-16/h15-17H,2-14H2,1H3,(H2,20,21,22). The number of rotatable bonds is 6. The van der Waals surface area contributed by atoms with E-state index < -0.39 is 0 Å². The summed E-state index contributed by atoms with van der Waals surface area (Å²) in [5, 5.41) is 6.89. The molecule has 3 fully saturated rings. The molecule has 2 saturated carbocycles. The lowest BCUT2D eigenvalue weighted by Crippen LogP contribution is -2.45. The minimum absolute atomic E-state index is 0.290. The molecule has 0 aromatic carbocycles. The Balaban J connectivity index is 1.45. The van der Waals surface area contributed by atoms with Crippen LogP contribution in [0.4, 0.5) is 0 Å². The van der Waals surface area contributed by atoms with E-state index in [2.05, 4.69) is 22.5 Å². The number of amides is 1. The molecule has 3 rings (SSSR count). The lowest BCUT2D eigenvalue weighted by molar-refractivity contribution is -0.135. The van der Waals surface area contributed by atoms with Crippen LogP contribution in [0.25, 0.3) is 0 Å². The minimum atomic E-state index is 0.290. The predicted molar refractivity (Wildman–Crippen MR) is 98.0 cm³/mol. The average molecular weight is 335 g/mol. The van der Waals surface area contributed by atoms with Gasteiger partial charge in [-0.3, -0.25) is 9.79 Å². The molecule has 5 nitrogen and oxygen atoms in total. The van der Waals surface area contributed by atoms with Crippen molar-refractivity contribution in [1.29, 1.82) is 0 Å². The highest BCUT2D eigenvalue weighted by molar-refractivity contribution is 5.81. The van der Waals surface area contributed by atoms with Gasteiger partial charge in [0.25, 0.3) is 0 Å². The summed E-state index contributed by atoms with van der Waals surface area (Å²) in [6.45, 7) is 5.63. The number of nitrogens with zero attached hydrogens (tertiary/aromatic N) is 2. The van der Waals surface area contributed by atoms with Crippen molar-refractivity contribution < 1.29 is 4.79 Å². The maximum Gasteiger partial charge on any atom is 0.225 e. The number of hydrogen-bond donors (Lipinski definition) is 2. The number of likely N-dealkylation sites (tertiary alicyclic amines) is 1. The van der Waals surface area contributed by atoms with Crippen LogP contribution in [0.1, 0.15) is 64.7 Å². The van der Waals surface area contributed by atoms with E-state index in [4.69, 9.17) is 4.99 Å². The minimum Gasteiger partial charge on any atom is -0.357 e. The molecule has 1 aliphatic heterocycles. The quantitative estimate of drug-likeness (QED) is 0.580. The molecule has 2 N–H and O–H groups in total. The number of carbonyl (C=O) groups excluding carboxylic acids is 1. The van der Waals surface area contributed by atoms with Gasteiger partial charge in [0.2, 0.25) is 5.91 Å². The van der Waals surface area contributed by atoms with Gasteiger partial charge in [-0.25, -0.2) is 0 Å². The van der Waals surface area contributed by atoms with E-state index in [0.29, 0.717) is 11.9 Å². The van der Waals surface area contributed by atoms with Crippen molar-refractivity contribution in [1.82, 2.24) is 15.5 Å². The van der Waals surface area contributed by atoms with E-state index in [1.165, 1.54) is 38.5 Å². The van der Waals surface area contributed by atoms with Crippen LogP contribution in [0.3, 0.4) is 0 Å². The Hall–Kier alpha value is -1.26. The monoisotopic (exact) mass is 334 g/mol. The predicted octanol–water partition coefficient (Wildman–Crippen LogP) is 2.52. The van der Waals surface area contributed by atoms with E-state index in [1.807, 2.05) is 0 Å². The molecular weight excluding hydrogens is 300 g/mol. The number of aliphatic imine (C=N–C) groups is 1. The number of hydrogen-bond acceptors (Lipinski definition) is 2. The van der Waals surface area contributed by atoms with E-state index in [0.717, 1.165) is 57.3 Å². The van der Waals surface area contributed by atoms with Crippen molar-refractivity contribution in [3.05, 3.63) is 0 Å². The maximum absolute atomic E-state index is 12.7. The third-order valence-electron chi connectivity index (χ3n) is 5.64. The second-order valence-corrected chi connectivity index (χ2v) is 7.74. The number of guanidine groups is 1. The second-order valence-electron chi connectivity index (χ2n) is 7.74. The van der Waals surface area contributed by atoms with Crippen LogP contribution in [0, 0.1) is 11.8 Å². The molecule has 0 aromatic rings. The van der Waals surface area contributed by atoms with Gasteiger partial charge >= 0.3 is 0 Å². The van der Waals surface area contributed by atoms with Crippen LogP contribution >= 0.6 is 0 Å². The van der Waals surface area contributed by atoms with Gasteiger partial charge in [-0.1, -0.05) is 32.1 Å². The molecule has 0 radical (unpaired) electrons. The van der Waals surface area contributed by atoms with Crippen molar-refractivity contribution in [3.63, 3.8) is 0 Å². The second kappa shape index (κ2) is 8.72. The first-order valence-electron chi connectivity index (χ1n) is 10.1. The summed E-state index contributed by atoms with van der Waals surface area (Å²) in [5.41, 5.74) is 0. The molecule has 3 aliphatic rings. The lowest BCUT2D eigenvalue weighted by atomic mass is 9.88.